The van der Waals surface area contributed by atoms with Crippen LogP contribution in [-0.2, 0) is 31.2 Å². The van der Waals surface area contributed by atoms with Crippen molar-refractivity contribution in [2.45, 2.75) is 72.9 Å². The molecule has 0 unspecified atom stereocenters. The van der Waals surface area contributed by atoms with E-state index in [2.05, 4.69) is 23.1 Å². The Labute approximate surface area is 296 Å². The van der Waals surface area contributed by atoms with Crippen LogP contribution in [0.25, 0.3) is 11.1 Å². The number of rotatable bonds is 10. The third-order valence-electron chi connectivity index (χ3n) is 10.8. The molecule has 3 aromatic rings. The van der Waals surface area contributed by atoms with E-state index in [4.69, 9.17) is 9.47 Å². The van der Waals surface area contributed by atoms with E-state index in [0.717, 1.165) is 83.7 Å². The zero-order valence-electron chi connectivity index (χ0n) is 30.9. The van der Waals surface area contributed by atoms with E-state index in [-0.39, 0.29) is 23.1 Å². The molecule has 0 aliphatic carbocycles. The number of nitriles is 1. The van der Waals surface area contributed by atoms with Crippen LogP contribution in [0.15, 0.2) is 53.0 Å². The summed E-state index contributed by atoms with van der Waals surface area (Å²) in [7, 11) is 5.16. The zero-order chi connectivity index (χ0) is 36.3. The van der Waals surface area contributed by atoms with Crippen LogP contribution in [0.3, 0.4) is 0 Å². The summed E-state index contributed by atoms with van der Waals surface area (Å²) in [5, 5.41) is 9.72. The number of hydrogen-bond acceptors (Lipinski definition) is 6. The van der Waals surface area contributed by atoms with Gasteiger partial charge in [0, 0.05) is 42.9 Å². The van der Waals surface area contributed by atoms with Crippen LogP contribution in [-0.4, -0.2) is 60.8 Å². The first-order valence-electron chi connectivity index (χ1n) is 17.6. The summed E-state index contributed by atoms with van der Waals surface area (Å²) in [5.74, 6) is 1.76. The molecule has 1 amide bonds. The smallest absolute Gasteiger partial charge is 0.264 e. The first-order chi connectivity index (χ1) is 23.8. The van der Waals surface area contributed by atoms with Crippen LogP contribution in [0.5, 0.6) is 11.5 Å². The number of methoxy groups -OCH3 is 2. The van der Waals surface area contributed by atoms with Gasteiger partial charge in [-0.2, -0.15) is 5.26 Å². The van der Waals surface area contributed by atoms with Crippen molar-refractivity contribution in [3.63, 3.8) is 0 Å². The molecule has 0 bridgehead atoms. The molecule has 1 saturated heterocycles. The average molecular weight is 683 g/mol. The molecule has 9 heteroatoms. The molecule has 1 aromatic heterocycles. The Morgan fingerprint density at radius 3 is 2.34 bits per heavy atom. The molecule has 0 saturated carbocycles. The Morgan fingerprint density at radius 1 is 1.08 bits per heavy atom. The van der Waals surface area contributed by atoms with Gasteiger partial charge < -0.3 is 18.9 Å². The number of aryl methyl sites for hydroxylation is 1. The summed E-state index contributed by atoms with van der Waals surface area (Å²) in [6.07, 6.45) is 7.22. The summed E-state index contributed by atoms with van der Waals surface area (Å²) >= 11 is 0. The van der Waals surface area contributed by atoms with Gasteiger partial charge in [0.05, 0.1) is 32.5 Å². The van der Waals surface area contributed by atoms with E-state index in [1.165, 1.54) is 17.2 Å². The number of carbonyl (C=O) groups is 1. The van der Waals surface area contributed by atoms with Crippen LogP contribution >= 0.6 is 0 Å². The second kappa shape index (κ2) is 15.2. The van der Waals surface area contributed by atoms with Crippen LogP contribution in [0.2, 0.25) is 0 Å². The summed E-state index contributed by atoms with van der Waals surface area (Å²) < 4.78 is 26.9. The lowest BCUT2D eigenvalue weighted by atomic mass is 9.83. The van der Waals surface area contributed by atoms with E-state index in [9.17, 15) is 19.2 Å². The monoisotopic (exact) mass is 682 g/mol. The van der Waals surface area contributed by atoms with E-state index >= 15 is 0 Å². The van der Waals surface area contributed by atoms with Gasteiger partial charge in [0.2, 0.25) is 0 Å². The van der Waals surface area contributed by atoms with E-state index < -0.39 is 12.1 Å². The number of carbonyl (C=O) groups excluding carboxylic acids is 1. The van der Waals surface area contributed by atoms with Gasteiger partial charge in [0.15, 0.2) is 0 Å². The van der Waals surface area contributed by atoms with Gasteiger partial charge in [-0.05, 0) is 105 Å². The SMILES string of the molecule is COc1cc(-c2cn(C)c(=O)c(C)c2C)cc(OC)c1CN1CCC(Cc2cccc3c2CCN(C(=O)/C(C#N)=C/C(C)(C)CF)[C@H]3C)CC1. The Bertz CT molecular complexity index is 1860. The van der Waals surface area contributed by atoms with Gasteiger partial charge in [-0.25, -0.2) is 0 Å². The molecule has 5 rings (SSSR count). The molecule has 8 nitrogen and oxygen atoms in total. The second-order valence-electron chi connectivity index (χ2n) is 14.7. The third-order valence-corrected chi connectivity index (χ3v) is 10.8. The van der Waals surface area contributed by atoms with Crippen molar-refractivity contribution < 1.29 is 18.7 Å². The topological polar surface area (TPSA) is 87.8 Å². The number of allylic oxidation sites excluding steroid dienone is 1. The maximum atomic E-state index is 13.5. The van der Waals surface area contributed by atoms with Crippen molar-refractivity contribution in [1.29, 1.82) is 5.26 Å². The van der Waals surface area contributed by atoms with Crippen molar-refractivity contribution in [2.75, 3.05) is 40.5 Å². The third kappa shape index (κ3) is 7.51. The molecular weight excluding hydrogens is 631 g/mol. The van der Waals surface area contributed by atoms with Crippen molar-refractivity contribution >= 4 is 5.91 Å². The minimum absolute atomic E-state index is 0.00451. The quantitative estimate of drug-likeness (QED) is 0.169. The molecule has 50 heavy (non-hydrogen) atoms. The van der Waals surface area contributed by atoms with Crippen LogP contribution in [0.4, 0.5) is 4.39 Å². The lowest BCUT2D eigenvalue weighted by Gasteiger charge is -2.37. The Balaban J connectivity index is 1.27. The molecule has 2 aliphatic rings. The number of halogens is 1. The fourth-order valence-corrected chi connectivity index (χ4v) is 7.58. The predicted molar refractivity (Wildman–Crippen MR) is 195 cm³/mol. The van der Waals surface area contributed by atoms with E-state index in [1.807, 2.05) is 45.2 Å². The van der Waals surface area contributed by atoms with E-state index in [0.29, 0.717) is 19.0 Å². The predicted octanol–water partition coefficient (Wildman–Crippen LogP) is 7.03. The number of pyridine rings is 1. The van der Waals surface area contributed by atoms with Crippen molar-refractivity contribution in [2.24, 2.45) is 18.4 Å². The molecule has 2 aliphatic heterocycles. The van der Waals surface area contributed by atoms with Gasteiger partial charge in [-0.15, -0.1) is 0 Å². The Morgan fingerprint density at radius 2 is 1.74 bits per heavy atom. The number of aromatic nitrogens is 1. The Kier molecular flexibility index (Phi) is 11.2. The number of benzene rings is 2. The molecule has 0 spiro atoms. The number of hydrogen-bond donors (Lipinski definition) is 0. The first kappa shape index (κ1) is 36.9. The van der Waals surface area contributed by atoms with Gasteiger partial charge in [0.1, 0.15) is 23.1 Å². The number of ether oxygens (including phenoxy) is 2. The summed E-state index contributed by atoms with van der Waals surface area (Å²) in [5.41, 5.74) is 7.57. The standard InChI is InChI=1S/C41H51FN4O4/c1-26-27(2)39(47)44(6)23-35(26)31-19-37(49-7)36(38(20-31)50-8)24-45-15-12-29(13-16-45)18-30-10-9-11-33-28(3)46(17-14-34(30)33)40(48)32(22-43)21-41(4,5)25-42/h9-11,19-21,23,28-29H,12-18,24-25H2,1-8H3/b32-21+/t28-/m0/s1. The normalized spacial score (nSPS) is 17.3. The minimum Gasteiger partial charge on any atom is -0.496 e. The maximum absolute atomic E-state index is 13.5. The van der Waals surface area contributed by atoms with Crippen LogP contribution in [0, 0.1) is 36.5 Å². The number of alkyl halides is 1. The van der Waals surface area contributed by atoms with Gasteiger partial charge in [-0.1, -0.05) is 38.1 Å². The van der Waals surface area contributed by atoms with Crippen molar-refractivity contribution in [3.8, 4) is 28.7 Å². The largest absolute Gasteiger partial charge is 0.496 e. The maximum Gasteiger partial charge on any atom is 0.264 e. The van der Waals surface area contributed by atoms with Gasteiger partial charge >= 0.3 is 0 Å². The summed E-state index contributed by atoms with van der Waals surface area (Å²) in [6, 6.07) is 12.4. The summed E-state index contributed by atoms with van der Waals surface area (Å²) in [4.78, 5) is 30.1. The highest BCUT2D eigenvalue weighted by molar-refractivity contribution is 5.97. The van der Waals surface area contributed by atoms with Crippen LogP contribution in [0.1, 0.15) is 73.0 Å². The minimum atomic E-state index is -0.868. The molecule has 1 atom stereocenters. The molecule has 2 aromatic carbocycles. The highest BCUT2D eigenvalue weighted by Crippen LogP contribution is 2.39. The van der Waals surface area contributed by atoms with Crippen molar-refractivity contribution in [3.05, 3.63) is 91.9 Å². The van der Waals surface area contributed by atoms with Crippen LogP contribution < -0.4 is 15.0 Å². The average Bonchev–Trinajstić information content (AvgIpc) is 3.12. The lowest BCUT2D eigenvalue weighted by Crippen LogP contribution is -2.40. The molecular formula is C41H51FN4O4. The number of fused-ring (bicyclic) bond motifs is 1. The fourth-order valence-electron chi connectivity index (χ4n) is 7.58. The fraction of sp³-hybridized carbons (Fsp3) is 0.488. The zero-order valence-corrected chi connectivity index (χ0v) is 30.9. The lowest BCUT2D eigenvalue weighted by molar-refractivity contribution is -0.129. The summed E-state index contributed by atoms with van der Waals surface area (Å²) in [6.45, 7) is 11.8. The molecule has 0 radical (unpaired) electrons. The molecule has 3 heterocycles. The van der Waals surface area contributed by atoms with E-state index in [1.54, 1.807) is 44.6 Å². The van der Waals surface area contributed by atoms with Gasteiger partial charge in [0.25, 0.3) is 11.5 Å². The number of likely N-dealkylation sites (tertiary alicyclic amines) is 1. The first-order valence-corrected chi connectivity index (χ1v) is 17.6. The highest BCUT2D eigenvalue weighted by Gasteiger charge is 2.32. The highest BCUT2D eigenvalue weighted by atomic mass is 19.1. The second-order valence-corrected chi connectivity index (χ2v) is 14.7. The van der Waals surface area contributed by atoms with Gasteiger partial charge in [-0.3, -0.25) is 18.9 Å². The molecule has 266 valence electrons. The number of nitrogens with zero attached hydrogens (tertiary/aromatic N) is 4. The number of amides is 1. The molecule has 1 fully saturated rings. The number of piperidine rings is 1. The van der Waals surface area contributed by atoms with Crippen molar-refractivity contribution in [1.82, 2.24) is 14.4 Å². The molecule has 0 N–H and O–H groups in total. The Hall–Kier alpha value is -4.42.